The second kappa shape index (κ2) is 13.3. The average molecular weight is 357 g/mol. The van der Waals surface area contributed by atoms with Gasteiger partial charge in [0.25, 0.3) is 0 Å². The summed E-state index contributed by atoms with van der Waals surface area (Å²) in [5.74, 6) is 0.119. The molecule has 0 radical (unpaired) electrons. The first-order chi connectivity index (χ1) is 12.0. The van der Waals surface area contributed by atoms with Gasteiger partial charge in [0.05, 0.1) is 0 Å². The first-order valence-electron chi connectivity index (χ1n) is 9.88. The minimum Gasteiger partial charge on any atom is -0.480 e. The second-order valence-electron chi connectivity index (χ2n) is 7.26. The van der Waals surface area contributed by atoms with Crippen molar-refractivity contribution in [1.82, 2.24) is 0 Å². The number of rotatable bonds is 14. The third-order valence-electron chi connectivity index (χ3n) is 5.19. The molecule has 1 rings (SSSR count). The molecule has 25 heavy (non-hydrogen) atoms. The summed E-state index contributed by atoms with van der Waals surface area (Å²) in [4.78, 5) is 10.4. The number of aliphatic hydroxyl groups excluding tert-OH is 1. The van der Waals surface area contributed by atoms with E-state index in [4.69, 9.17) is 9.84 Å². The van der Waals surface area contributed by atoms with Crippen molar-refractivity contribution in [3.63, 3.8) is 0 Å². The van der Waals surface area contributed by atoms with E-state index in [9.17, 15) is 15.0 Å². The lowest BCUT2D eigenvalue weighted by molar-refractivity contribution is -0.142. The van der Waals surface area contributed by atoms with Crippen molar-refractivity contribution in [2.75, 3.05) is 13.2 Å². The Morgan fingerprint density at radius 3 is 2.68 bits per heavy atom. The van der Waals surface area contributed by atoms with Crippen molar-refractivity contribution in [2.24, 2.45) is 17.8 Å². The number of aliphatic hydroxyl groups is 2. The molecule has 5 heteroatoms. The van der Waals surface area contributed by atoms with Gasteiger partial charge in [0, 0.05) is 12.5 Å². The van der Waals surface area contributed by atoms with E-state index in [1.807, 2.05) is 6.08 Å². The van der Waals surface area contributed by atoms with Crippen molar-refractivity contribution in [2.45, 2.75) is 77.4 Å². The average Bonchev–Trinajstić information content (AvgIpc) is 3.00. The molecule has 1 aliphatic carbocycles. The van der Waals surface area contributed by atoms with Crippen molar-refractivity contribution in [3.8, 4) is 0 Å². The molecule has 5 nitrogen and oxygen atoms in total. The maximum Gasteiger partial charge on any atom is 0.329 e. The molecular weight excluding hydrogens is 320 g/mol. The van der Waals surface area contributed by atoms with Gasteiger partial charge in [-0.15, -0.1) is 0 Å². The number of allylic oxidation sites excluding steroid dienone is 1. The Balaban J connectivity index is 2.31. The number of aliphatic carboxylic acids is 1. The van der Waals surface area contributed by atoms with Crippen LogP contribution in [0.5, 0.6) is 0 Å². The maximum atomic E-state index is 10.4. The highest BCUT2D eigenvalue weighted by Crippen LogP contribution is 2.36. The van der Waals surface area contributed by atoms with E-state index in [0.29, 0.717) is 18.4 Å². The van der Waals surface area contributed by atoms with Gasteiger partial charge in [0.2, 0.25) is 0 Å². The fourth-order valence-corrected chi connectivity index (χ4v) is 3.71. The molecule has 0 aliphatic heterocycles. The highest BCUT2D eigenvalue weighted by atomic mass is 16.5. The Morgan fingerprint density at radius 2 is 2.00 bits per heavy atom. The predicted octanol–water partition coefficient (Wildman–Crippen LogP) is 3.74. The summed E-state index contributed by atoms with van der Waals surface area (Å²) in [7, 11) is 0. The molecule has 146 valence electrons. The Hall–Kier alpha value is -0.910. The van der Waals surface area contributed by atoms with Gasteiger partial charge in [-0.1, -0.05) is 51.2 Å². The van der Waals surface area contributed by atoms with Crippen LogP contribution in [0.15, 0.2) is 12.2 Å². The molecule has 3 N–H and O–H groups in total. The molecule has 0 aromatic rings. The van der Waals surface area contributed by atoms with Gasteiger partial charge < -0.3 is 20.1 Å². The van der Waals surface area contributed by atoms with E-state index in [1.54, 1.807) is 0 Å². The van der Waals surface area contributed by atoms with Crippen LogP contribution in [0.2, 0.25) is 0 Å². The fourth-order valence-electron chi connectivity index (χ4n) is 3.71. The molecule has 0 amide bonds. The van der Waals surface area contributed by atoms with E-state index < -0.39 is 12.3 Å². The van der Waals surface area contributed by atoms with Crippen molar-refractivity contribution in [1.29, 1.82) is 0 Å². The van der Waals surface area contributed by atoms with Gasteiger partial charge >= 0.3 is 5.97 Å². The van der Waals surface area contributed by atoms with E-state index >= 15 is 0 Å². The third-order valence-corrected chi connectivity index (χ3v) is 5.19. The van der Waals surface area contributed by atoms with E-state index in [2.05, 4.69) is 13.0 Å². The lowest BCUT2D eigenvalue weighted by Gasteiger charge is -2.19. The van der Waals surface area contributed by atoms with Gasteiger partial charge in [-0.3, -0.25) is 0 Å². The highest BCUT2D eigenvalue weighted by molar-refractivity contribution is 5.67. The van der Waals surface area contributed by atoms with E-state index in [1.165, 1.54) is 19.3 Å². The summed E-state index contributed by atoms with van der Waals surface area (Å²) in [6, 6.07) is 0. The maximum absolute atomic E-state index is 10.4. The molecule has 0 aromatic carbocycles. The first-order valence-corrected chi connectivity index (χ1v) is 9.88. The number of hydrogen-bond acceptors (Lipinski definition) is 4. The summed E-state index contributed by atoms with van der Waals surface area (Å²) in [5.41, 5.74) is 0. The van der Waals surface area contributed by atoms with Crippen LogP contribution in [-0.4, -0.2) is 40.8 Å². The molecular formula is C20H36O5. The first kappa shape index (κ1) is 22.1. The Labute approximate surface area is 152 Å². The number of carboxylic acid groups (broad SMARTS) is 1. The zero-order valence-electron chi connectivity index (χ0n) is 15.6. The number of ether oxygens (including phenoxy) is 1. The fraction of sp³-hybridized carbons (Fsp3) is 0.850. The molecule has 0 saturated heterocycles. The Kier molecular flexibility index (Phi) is 11.8. The van der Waals surface area contributed by atoms with E-state index in [0.717, 1.165) is 44.9 Å². The van der Waals surface area contributed by atoms with Crippen molar-refractivity contribution in [3.05, 3.63) is 12.2 Å². The predicted molar refractivity (Wildman–Crippen MR) is 98.1 cm³/mol. The second-order valence-corrected chi connectivity index (χ2v) is 7.26. The minimum absolute atomic E-state index is 0.155. The van der Waals surface area contributed by atoms with Crippen LogP contribution in [0.25, 0.3) is 0 Å². The van der Waals surface area contributed by atoms with Crippen LogP contribution in [0.3, 0.4) is 0 Å². The summed E-state index contributed by atoms with van der Waals surface area (Å²) >= 11 is 0. The lowest BCUT2D eigenvalue weighted by atomic mass is 9.89. The van der Waals surface area contributed by atoms with Crippen molar-refractivity contribution >= 4 is 5.97 Å². The van der Waals surface area contributed by atoms with Crippen molar-refractivity contribution < 1.29 is 24.9 Å². The normalized spacial score (nSPS) is 22.1. The topological polar surface area (TPSA) is 87.0 Å². The molecule has 3 atom stereocenters. The lowest BCUT2D eigenvalue weighted by Crippen LogP contribution is -2.18. The Morgan fingerprint density at radius 1 is 1.20 bits per heavy atom. The summed E-state index contributed by atoms with van der Waals surface area (Å²) in [6.45, 7) is 2.45. The molecule has 0 aromatic heterocycles. The number of carbonyl (C=O) groups is 1. The third kappa shape index (κ3) is 9.97. The van der Waals surface area contributed by atoms with Gasteiger partial charge in [-0.05, 0) is 43.9 Å². The minimum atomic E-state index is -1.26. The smallest absolute Gasteiger partial charge is 0.329 e. The number of hydrogen-bond donors (Lipinski definition) is 3. The molecule has 0 bridgehead atoms. The summed E-state index contributed by atoms with van der Waals surface area (Å²) in [5, 5.41) is 27.6. The van der Waals surface area contributed by atoms with Crippen LogP contribution in [0.4, 0.5) is 0 Å². The van der Waals surface area contributed by atoms with Crippen LogP contribution in [0, 0.1) is 17.8 Å². The Bertz CT molecular complexity index is 380. The zero-order chi connectivity index (χ0) is 18.5. The quantitative estimate of drug-likeness (QED) is 0.251. The number of carboxylic acids is 1. The largest absolute Gasteiger partial charge is 0.480 e. The van der Waals surface area contributed by atoms with Crippen LogP contribution >= 0.6 is 0 Å². The molecule has 1 unspecified atom stereocenters. The highest BCUT2D eigenvalue weighted by Gasteiger charge is 2.25. The monoisotopic (exact) mass is 356 g/mol. The van der Waals surface area contributed by atoms with Gasteiger partial charge in [-0.2, -0.15) is 0 Å². The van der Waals surface area contributed by atoms with Crippen LogP contribution in [-0.2, 0) is 9.53 Å². The van der Waals surface area contributed by atoms with Gasteiger partial charge in [-0.25, -0.2) is 4.79 Å². The molecule has 1 fully saturated rings. The molecule has 0 heterocycles. The van der Waals surface area contributed by atoms with E-state index in [-0.39, 0.29) is 12.5 Å². The standard InChI is InChI=1S/C20H36O5/c1-2-3-4-9-18(20(23)24)13-12-17-11-7-10-16(17)8-5-6-14-25-15-19(21)22/h12-13,16-18,20,23-24H,2-11,14-15H2,1H3,(H,21,22)/t16-,17+,18?/m0/s1. The SMILES string of the molecule is CCCCCC(C=C[C@H]1CCC[C@@H]1CCCCOCC(=O)O)C(O)O. The molecule has 1 saturated carbocycles. The van der Waals surface area contributed by atoms with Gasteiger partial charge in [0.1, 0.15) is 6.61 Å². The van der Waals surface area contributed by atoms with Crippen LogP contribution in [0.1, 0.15) is 71.1 Å². The summed E-state index contributed by atoms with van der Waals surface area (Å²) < 4.78 is 5.07. The zero-order valence-corrected chi connectivity index (χ0v) is 15.6. The number of unbranched alkanes of at least 4 members (excludes halogenated alkanes) is 3. The van der Waals surface area contributed by atoms with Gasteiger partial charge in [0.15, 0.2) is 6.29 Å². The summed E-state index contributed by atoms with van der Waals surface area (Å²) in [6.07, 6.45) is 13.8. The molecule has 1 aliphatic rings. The van der Waals surface area contributed by atoms with Crippen LogP contribution < -0.4 is 0 Å². The molecule has 0 spiro atoms.